The first-order chi connectivity index (χ1) is 12.6. The van der Waals surface area contributed by atoms with E-state index in [1.54, 1.807) is 0 Å². The van der Waals surface area contributed by atoms with Gasteiger partial charge in [-0.15, -0.1) is 0 Å². The van der Waals surface area contributed by atoms with E-state index < -0.39 is 0 Å². The SMILES string of the molecule is O=C(NC1CCCC1)C1CC1C(=O)N1CCN(c2cccc(Cl)c2)CC1. The Labute approximate surface area is 159 Å². The third-order valence-electron chi connectivity index (χ3n) is 5.91. The Bertz CT molecular complexity index is 681. The number of nitrogens with one attached hydrogen (secondary N) is 1. The van der Waals surface area contributed by atoms with Gasteiger partial charge in [0.05, 0.1) is 11.8 Å². The predicted octanol–water partition coefficient (Wildman–Crippen LogP) is 2.68. The second-order valence-corrected chi connectivity index (χ2v) is 8.17. The van der Waals surface area contributed by atoms with Crippen LogP contribution in [0, 0.1) is 11.8 Å². The largest absolute Gasteiger partial charge is 0.368 e. The van der Waals surface area contributed by atoms with E-state index in [0.29, 0.717) is 25.6 Å². The fourth-order valence-corrected chi connectivity index (χ4v) is 4.41. The number of nitrogens with zero attached hydrogens (tertiary/aromatic N) is 2. The van der Waals surface area contributed by atoms with Crippen molar-refractivity contribution < 1.29 is 9.59 Å². The second kappa shape index (κ2) is 7.47. The van der Waals surface area contributed by atoms with Gasteiger partial charge in [-0.1, -0.05) is 30.5 Å². The minimum Gasteiger partial charge on any atom is -0.368 e. The van der Waals surface area contributed by atoms with Crippen LogP contribution in [0.4, 0.5) is 5.69 Å². The van der Waals surface area contributed by atoms with E-state index in [-0.39, 0.29) is 23.7 Å². The van der Waals surface area contributed by atoms with Crippen LogP contribution in [0.15, 0.2) is 24.3 Å². The molecule has 0 radical (unpaired) electrons. The van der Waals surface area contributed by atoms with E-state index in [1.807, 2.05) is 29.2 Å². The van der Waals surface area contributed by atoms with Gasteiger partial charge in [-0.2, -0.15) is 0 Å². The fraction of sp³-hybridized carbons (Fsp3) is 0.600. The van der Waals surface area contributed by atoms with Gasteiger partial charge in [0.15, 0.2) is 0 Å². The molecule has 0 bridgehead atoms. The lowest BCUT2D eigenvalue weighted by atomic mass is 10.2. The van der Waals surface area contributed by atoms with Crippen LogP contribution in [0.25, 0.3) is 0 Å². The summed E-state index contributed by atoms with van der Waals surface area (Å²) in [6.07, 6.45) is 5.29. The first-order valence-corrected chi connectivity index (χ1v) is 10.1. The quantitative estimate of drug-likeness (QED) is 0.880. The van der Waals surface area contributed by atoms with Gasteiger partial charge in [-0.3, -0.25) is 9.59 Å². The highest BCUT2D eigenvalue weighted by molar-refractivity contribution is 6.30. The van der Waals surface area contributed by atoms with Gasteiger partial charge >= 0.3 is 0 Å². The number of carbonyl (C=O) groups excluding carboxylic acids is 2. The lowest BCUT2D eigenvalue weighted by Gasteiger charge is -2.36. The summed E-state index contributed by atoms with van der Waals surface area (Å²) in [6.45, 7) is 3.02. The number of benzene rings is 1. The standard InChI is InChI=1S/C20H26ClN3O2/c21-14-4-3-7-16(12-14)23-8-10-24(11-9-23)20(26)18-13-17(18)19(25)22-15-5-1-2-6-15/h3-4,7,12,15,17-18H,1-2,5-6,8-11,13H2,(H,22,25). The Hall–Kier alpha value is -1.75. The maximum absolute atomic E-state index is 12.7. The van der Waals surface area contributed by atoms with E-state index in [0.717, 1.165) is 36.6 Å². The molecule has 1 aliphatic heterocycles. The minimum absolute atomic E-state index is 0.0906. The first kappa shape index (κ1) is 17.7. The van der Waals surface area contributed by atoms with Crippen molar-refractivity contribution in [3.05, 3.63) is 29.3 Å². The van der Waals surface area contributed by atoms with Crippen LogP contribution in [0.1, 0.15) is 32.1 Å². The molecule has 1 N–H and O–H groups in total. The maximum atomic E-state index is 12.7. The summed E-state index contributed by atoms with van der Waals surface area (Å²) in [5.41, 5.74) is 1.10. The number of halogens is 1. The third-order valence-corrected chi connectivity index (χ3v) is 6.15. The normalized spacial score (nSPS) is 26.0. The molecule has 140 valence electrons. The van der Waals surface area contributed by atoms with E-state index in [9.17, 15) is 9.59 Å². The van der Waals surface area contributed by atoms with Crippen LogP contribution in [0.3, 0.4) is 0 Å². The molecule has 2 saturated carbocycles. The Balaban J connectivity index is 1.26. The van der Waals surface area contributed by atoms with Crippen molar-refractivity contribution in [2.75, 3.05) is 31.1 Å². The van der Waals surface area contributed by atoms with Crippen LogP contribution in [0.2, 0.25) is 5.02 Å². The number of carbonyl (C=O) groups is 2. The van der Waals surface area contributed by atoms with Gasteiger partial charge in [0.2, 0.25) is 11.8 Å². The van der Waals surface area contributed by atoms with Gasteiger partial charge in [0.1, 0.15) is 0 Å². The third kappa shape index (κ3) is 3.83. The molecule has 6 heteroatoms. The molecule has 2 atom stereocenters. The summed E-state index contributed by atoms with van der Waals surface area (Å²) >= 11 is 6.07. The van der Waals surface area contributed by atoms with Crippen molar-refractivity contribution in [3.63, 3.8) is 0 Å². The van der Waals surface area contributed by atoms with E-state index >= 15 is 0 Å². The summed E-state index contributed by atoms with van der Waals surface area (Å²) in [4.78, 5) is 29.2. The molecule has 3 fully saturated rings. The van der Waals surface area contributed by atoms with Crippen LogP contribution in [-0.4, -0.2) is 48.9 Å². The van der Waals surface area contributed by atoms with Crippen molar-refractivity contribution in [2.24, 2.45) is 11.8 Å². The molecule has 3 aliphatic rings. The highest BCUT2D eigenvalue weighted by Gasteiger charge is 2.50. The molecule has 1 saturated heterocycles. The molecule has 1 heterocycles. The number of hydrogen-bond acceptors (Lipinski definition) is 3. The molecular formula is C20H26ClN3O2. The van der Waals surface area contributed by atoms with Crippen molar-refractivity contribution in [3.8, 4) is 0 Å². The van der Waals surface area contributed by atoms with Crippen LogP contribution in [0.5, 0.6) is 0 Å². The topological polar surface area (TPSA) is 52.7 Å². The molecule has 2 unspecified atom stereocenters. The highest BCUT2D eigenvalue weighted by Crippen LogP contribution is 2.40. The fourth-order valence-electron chi connectivity index (χ4n) is 4.23. The van der Waals surface area contributed by atoms with Gasteiger partial charge in [-0.25, -0.2) is 0 Å². The van der Waals surface area contributed by atoms with Crippen LogP contribution in [-0.2, 0) is 9.59 Å². The van der Waals surface area contributed by atoms with Crippen LogP contribution < -0.4 is 10.2 Å². The zero-order valence-electron chi connectivity index (χ0n) is 15.0. The van der Waals surface area contributed by atoms with Crippen molar-refractivity contribution in [1.29, 1.82) is 0 Å². The molecule has 1 aromatic carbocycles. The van der Waals surface area contributed by atoms with Gasteiger partial charge in [-0.05, 0) is 37.5 Å². The van der Waals surface area contributed by atoms with E-state index in [1.165, 1.54) is 12.8 Å². The second-order valence-electron chi connectivity index (χ2n) is 7.73. The predicted molar refractivity (Wildman–Crippen MR) is 102 cm³/mol. The van der Waals surface area contributed by atoms with Gasteiger partial charge in [0, 0.05) is 42.9 Å². The molecular weight excluding hydrogens is 350 g/mol. The molecule has 26 heavy (non-hydrogen) atoms. The average molecular weight is 376 g/mol. The van der Waals surface area contributed by atoms with Crippen molar-refractivity contribution >= 4 is 29.1 Å². The molecule has 2 aliphatic carbocycles. The van der Waals surface area contributed by atoms with Crippen molar-refractivity contribution in [2.45, 2.75) is 38.1 Å². The number of piperazine rings is 1. The zero-order chi connectivity index (χ0) is 18.1. The molecule has 4 rings (SSSR count). The molecule has 0 spiro atoms. The summed E-state index contributed by atoms with van der Waals surface area (Å²) < 4.78 is 0. The molecule has 2 amide bonds. The lowest BCUT2D eigenvalue weighted by Crippen LogP contribution is -2.49. The monoisotopic (exact) mass is 375 g/mol. The number of hydrogen-bond donors (Lipinski definition) is 1. The molecule has 1 aromatic rings. The van der Waals surface area contributed by atoms with Crippen LogP contribution >= 0.6 is 11.6 Å². The number of anilines is 1. The highest BCUT2D eigenvalue weighted by atomic mass is 35.5. The number of rotatable bonds is 4. The maximum Gasteiger partial charge on any atom is 0.226 e. The number of amides is 2. The summed E-state index contributed by atoms with van der Waals surface area (Å²) in [7, 11) is 0. The summed E-state index contributed by atoms with van der Waals surface area (Å²) in [6, 6.07) is 8.17. The molecule has 0 aromatic heterocycles. The molecule has 5 nitrogen and oxygen atoms in total. The van der Waals surface area contributed by atoms with Gasteiger partial charge in [0.25, 0.3) is 0 Å². The minimum atomic E-state index is -0.103. The zero-order valence-corrected chi connectivity index (χ0v) is 15.8. The first-order valence-electron chi connectivity index (χ1n) is 9.71. The van der Waals surface area contributed by atoms with E-state index in [4.69, 9.17) is 11.6 Å². The summed E-state index contributed by atoms with van der Waals surface area (Å²) in [5.74, 6) is 0.0401. The Morgan fingerprint density at radius 2 is 1.77 bits per heavy atom. The van der Waals surface area contributed by atoms with Gasteiger partial charge < -0.3 is 15.1 Å². The summed E-state index contributed by atoms with van der Waals surface area (Å²) in [5, 5.41) is 3.86. The smallest absolute Gasteiger partial charge is 0.226 e. The lowest BCUT2D eigenvalue weighted by molar-refractivity contribution is -0.135. The van der Waals surface area contributed by atoms with E-state index in [2.05, 4.69) is 10.2 Å². The average Bonchev–Trinajstić information content (AvgIpc) is 3.30. The van der Waals surface area contributed by atoms with Crippen molar-refractivity contribution in [1.82, 2.24) is 10.2 Å². The Morgan fingerprint density at radius 3 is 2.46 bits per heavy atom. The Kier molecular flexibility index (Phi) is 5.07. The Morgan fingerprint density at radius 1 is 1.04 bits per heavy atom.